The molecule has 5 N–H and O–H groups in total. The molecule has 3 heterocycles. The smallest absolute Gasteiger partial charge is 0.346 e. The first-order valence-electron chi connectivity index (χ1n) is 12.6. The van der Waals surface area contributed by atoms with E-state index in [9.17, 15) is 29.3 Å². The van der Waals surface area contributed by atoms with Gasteiger partial charge in [0.15, 0.2) is 0 Å². The molecule has 39 heavy (non-hydrogen) atoms. The first-order chi connectivity index (χ1) is 18.8. The van der Waals surface area contributed by atoms with Crippen molar-refractivity contribution in [3.8, 4) is 16.9 Å². The van der Waals surface area contributed by atoms with Gasteiger partial charge in [-0.15, -0.1) is 11.3 Å². The van der Waals surface area contributed by atoms with Crippen LogP contribution in [0.3, 0.4) is 0 Å². The average molecular weight is 545 g/mol. The van der Waals surface area contributed by atoms with E-state index in [1.807, 2.05) is 25.1 Å². The van der Waals surface area contributed by atoms with Crippen LogP contribution in [0, 0.1) is 5.82 Å². The monoisotopic (exact) mass is 544 g/mol. The Hall–Kier alpha value is -4.21. The second-order valence-electron chi connectivity index (χ2n) is 9.95. The van der Waals surface area contributed by atoms with Gasteiger partial charge in [-0.3, -0.25) is 4.79 Å². The van der Waals surface area contributed by atoms with Crippen LogP contribution in [0.25, 0.3) is 32.9 Å². The number of fused-ring (bicyclic) bond motifs is 2. The van der Waals surface area contributed by atoms with E-state index in [1.54, 1.807) is 18.3 Å². The van der Waals surface area contributed by atoms with E-state index in [0.717, 1.165) is 46.5 Å². The van der Waals surface area contributed by atoms with Gasteiger partial charge in [-0.05, 0) is 55.9 Å². The number of aromatic carboxylic acids is 1. The van der Waals surface area contributed by atoms with Gasteiger partial charge in [0.25, 0.3) is 0 Å². The number of aliphatic hydroxyl groups excluding tert-OH is 1. The minimum absolute atomic E-state index is 0.0375. The van der Waals surface area contributed by atoms with Gasteiger partial charge in [-0.2, -0.15) is 0 Å². The minimum atomic E-state index is -1.25. The lowest BCUT2D eigenvalue weighted by Gasteiger charge is -2.06. The van der Waals surface area contributed by atoms with Gasteiger partial charge in [0.1, 0.15) is 21.3 Å². The second kappa shape index (κ2) is 9.52. The number of rotatable bonds is 8. The van der Waals surface area contributed by atoms with Gasteiger partial charge in [-0.1, -0.05) is 29.8 Å². The van der Waals surface area contributed by atoms with Gasteiger partial charge in [0.2, 0.25) is 5.78 Å². The molecule has 0 atom stereocenters. The van der Waals surface area contributed by atoms with E-state index in [1.165, 1.54) is 12.1 Å². The molecule has 198 valence electrons. The number of carbonyl (C=O) groups is 2. The van der Waals surface area contributed by atoms with Gasteiger partial charge < -0.3 is 25.3 Å². The summed E-state index contributed by atoms with van der Waals surface area (Å²) < 4.78 is 14.0. The molecule has 5 aromatic rings. The molecule has 0 aliphatic heterocycles. The molecule has 0 unspecified atom stereocenters. The number of nitrogens with one attached hydrogen (secondary N) is 2. The molecule has 1 saturated carbocycles. The average Bonchev–Trinajstić information content (AvgIpc) is 3.43. The molecule has 0 saturated heterocycles. The van der Waals surface area contributed by atoms with Crippen LogP contribution >= 0.6 is 11.3 Å². The van der Waals surface area contributed by atoms with Crippen molar-refractivity contribution < 1.29 is 29.3 Å². The Balaban J connectivity index is 1.50. The second-order valence-corrected chi connectivity index (χ2v) is 11.0. The number of aliphatic hydroxyl groups is 1. The first-order valence-corrected chi connectivity index (χ1v) is 13.4. The number of ketones is 1. The fourth-order valence-corrected chi connectivity index (χ4v) is 6.14. The van der Waals surface area contributed by atoms with Crippen molar-refractivity contribution in [3.05, 3.63) is 86.6 Å². The molecule has 3 aromatic heterocycles. The standard InChI is InChI=1S/C30H25FN2O5S/c1-14(13-34)5-6-15-3-2-4-18-20(12-32-24(15)18)26(35)29-27(36)23(28(39-29)30(37)38)22-19-10-9-17(31)11-21(19)33-25(22)16-7-8-16/h2-5,9-12,16,32-34,36H,6-8,13H2,1H3,(H,37,38)/b14-5+. The third kappa shape index (κ3) is 4.24. The molecule has 1 aliphatic rings. The molecular weight excluding hydrogens is 519 g/mol. The zero-order valence-corrected chi connectivity index (χ0v) is 21.8. The van der Waals surface area contributed by atoms with Crippen molar-refractivity contribution >= 4 is 44.9 Å². The summed E-state index contributed by atoms with van der Waals surface area (Å²) in [4.78, 5) is 32.3. The number of aromatic nitrogens is 2. The summed E-state index contributed by atoms with van der Waals surface area (Å²) in [6.45, 7) is 1.80. The predicted octanol–water partition coefficient (Wildman–Crippen LogP) is 6.51. The maximum Gasteiger partial charge on any atom is 0.346 e. The number of hydrogen-bond acceptors (Lipinski definition) is 5. The fraction of sp³-hybridized carbons (Fsp3) is 0.200. The van der Waals surface area contributed by atoms with Crippen LogP contribution in [0.4, 0.5) is 4.39 Å². The van der Waals surface area contributed by atoms with Crippen molar-refractivity contribution in [2.75, 3.05) is 6.61 Å². The largest absolute Gasteiger partial charge is 0.506 e. The molecule has 6 rings (SSSR count). The van der Waals surface area contributed by atoms with Crippen LogP contribution in [-0.4, -0.2) is 43.6 Å². The number of para-hydroxylation sites is 1. The number of H-pyrrole nitrogens is 2. The zero-order valence-electron chi connectivity index (χ0n) is 21.0. The third-order valence-electron chi connectivity index (χ3n) is 7.27. The molecule has 0 amide bonds. The van der Waals surface area contributed by atoms with Crippen molar-refractivity contribution in [1.29, 1.82) is 0 Å². The highest BCUT2D eigenvalue weighted by Gasteiger charge is 2.35. The number of hydrogen-bond donors (Lipinski definition) is 5. The fourth-order valence-electron chi connectivity index (χ4n) is 5.14. The van der Waals surface area contributed by atoms with E-state index >= 15 is 0 Å². The maximum absolute atomic E-state index is 14.0. The van der Waals surface area contributed by atoms with Crippen LogP contribution in [-0.2, 0) is 6.42 Å². The summed E-state index contributed by atoms with van der Waals surface area (Å²) in [7, 11) is 0. The Labute approximate surface area is 226 Å². The third-order valence-corrected chi connectivity index (χ3v) is 8.44. The van der Waals surface area contributed by atoms with Gasteiger partial charge >= 0.3 is 5.97 Å². The molecule has 2 aromatic carbocycles. The quantitative estimate of drug-likeness (QED) is 0.112. The van der Waals surface area contributed by atoms with Crippen molar-refractivity contribution in [2.24, 2.45) is 0 Å². The van der Waals surface area contributed by atoms with Crippen LogP contribution in [0.2, 0.25) is 0 Å². The SMILES string of the molecule is C/C(=C\Cc1cccc2c(C(=O)c3sc(C(=O)O)c(-c4c(C5CC5)[nH]c5cc(F)ccc45)c3O)c[nH]c12)CO. The van der Waals surface area contributed by atoms with Gasteiger partial charge in [0.05, 0.1) is 12.2 Å². The summed E-state index contributed by atoms with van der Waals surface area (Å²) in [5.41, 5.74) is 4.68. The molecular formula is C30H25FN2O5S. The minimum Gasteiger partial charge on any atom is -0.506 e. The van der Waals surface area contributed by atoms with Crippen LogP contribution in [0.15, 0.2) is 54.2 Å². The maximum atomic E-state index is 14.0. The normalized spacial score (nSPS) is 14.0. The number of carboxylic acids is 1. The molecule has 9 heteroatoms. The highest BCUT2D eigenvalue weighted by atomic mass is 32.1. The lowest BCUT2D eigenvalue weighted by atomic mass is 9.97. The number of aromatic amines is 2. The first kappa shape index (κ1) is 25.1. The summed E-state index contributed by atoms with van der Waals surface area (Å²) in [5.74, 6) is -2.42. The Morgan fingerprint density at radius 3 is 2.64 bits per heavy atom. The summed E-state index contributed by atoms with van der Waals surface area (Å²) in [5, 5.41) is 32.1. The Morgan fingerprint density at radius 2 is 1.92 bits per heavy atom. The number of benzene rings is 2. The van der Waals surface area contributed by atoms with Crippen molar-refractivity contribution in [2.45, 2.75) is 32.1 Å². The van der Waals surface area contributed by atoms with E-state index in [0.29, 0.717) is 33.8 Å². The van der Waals surface area contributed by atoms with E-state index in [4.69, 9.17) is 0 Å². The Morgan fingerprint density at radius 1 is 1.13 bits per heavy atom. The lowest BCUT2D eigenvalue weighted by Crippen LogP contribution is -1.98. The molecule has 0 spiro atoms. The molecule has 7 nitrogen and oxygen atoms in total. The number of thiophene rings is 1. The lowest BCUT2D eigenvalue weighted by molar-refractivity contribution is 0.0702. The van der Waals surface area contributed by atoms with Gasteiger partial charge in [0, 0.05) is 44.8 Å². The number of carbonyl (C=O) groups excluding carboxylic acids is 1. The van der Waals surface area contributed by atoms with Crippen molar-refractivity contribution in [1.82, 2.24) is 9.97 Å². The molecule has 1 fully saturated rings. The van der Waals surface area contributed by atoms with Crippen LogP contribution < -0.4 is 0 Å². The summed E-state index contributed by atoms with van der Waals surface area (Å²) in [6, 6.07) is 9.78. The van der Waals surface area contributed by atoms with Crippen LogP contribution in [0.1, 0.15) is 61.8 Å². The highest BCUT2D eigenvalue weighted by molar-refractivity contribution is 7.17. The number of allylic oxidation sites excluding steroid dienone is 1. The molecule has 0 radical (unpaired) electrons. The van der Waals surface area contributed by atoms with E-state index in [2.05, 4.69) is 9.97 Å². The molecule has 0 bridgehead atoms. The van der Waals surface area contributed by atoms with E-state index in [-0.39, 0.29) is 33.6 Å². The predicted molar refractivity (Wildman–Crippen MR) is 148 cm³/mol. The summed E-state index contributed by atoms with van der Waals surface area (Å²) >= 11 is 0.743. The number of aromatic hydroxyl groups is 1. The van der Waals surface area contributed by atoms with E-state index < -0.39 is 17.6 Å². The summed E-state index contributed by atoms with van der Waals surface area (Å²) in [6.07, 6.45) is 5.83. The zero-order chi connectivity index (χ0) is 27.4. The molecule has 1 aliphatic carbocycles. The topological polar surface area (TPSA) is 126 Å². The Kier molecular flexibility index (Phi) is 6.12. The number of halogens is 1. The van der Waals surface area contributed by atoms with Crippen LogP contribution in [0.5, 0.6) is 5.75 Å². The highest BCUT2D eigenvalue weighted by Crippen LogP contribution is 2.52. The van der Waals surface area contributed by atoms with Gasteiger partial charge in [-0.25, -0.2) is 9.18 Å². The number of carboxylic acid groups (broad SMARTS) is 1. The Bertz CT molecular complexity index is 1820. The van der Waals surface area contributed by atoms with Crippen molar-refractivity contribution in [3.63, 3.8) is 0 Å².